The van der Waals surface area contributed by atoms with E-state index < -0.39 is 0 Å². The summed E-state index contributed by atoms with van der Waals surface area (Å²) in [6.07, 6.45) is 2.43. The SMILES string of the molecule is O=C(c1ccccc1)c1ccc(OCC(=O)N2CCN(c3ccc(C4CC4)nn3)CC2)cc1. The molecule has 1 aromatic heterocycles. The van der Waals surface area contributed by atoms with Gasteiger partial charge in [-0.3, -0.25) is 9.59 Å². The third-order valence-electron chi connectivity index (χ3n) is 6.14. The van der Waals surface area contributed by atoms with Gasteiger partial charge in [0.15, 0.2) is 18.2 Å². The molecule has 1 amide bonds. The zero-order valence-electron chi connectivity index (χ0n) is 18.4. The van der Waals surface area contributed by atoms with Crippen molar-refractivity contribution in [1.29, 1.82) is 0 Å². The molecule has 168 valence electrons. The van der Waals surface area contributed by atoms with Crippen molar-refractivity contribution in [3.63, 3.8) is 0 Å². The number of carbonyl (C=O) groups excluding carboxylic acids is 2. The molecule has 0 bridgehead atoms. The Morgan fingerprint density at radius 3 is 2.15 bits per heavy atom. The number of carbonyl (C=O) groups is 2. The van der Waals surface area contributed by atoms with E-state index in [0.29, 0.717) is 35.9 Å². The highest BCUT2D eigenvalue weighted by Crippen LogP contribution is 2.38. The molecule has 7 heteroatoms. The minimum atomic E-state index is -0.0470. The number of amides is 1. The van der Waals surface area contributed by atoms with Gasteiger partial charge in [-0.1, -0.05) is 30.3 Å². The van der Waals surface area contributed by atoms with Crippen LogP contribution in [0.5, 0.6) is 5.75 Å². The molecule has 0 spiro atoms. The van der Waals surface area contributed by atoms with Crippen LogP contribution in [0.15, 0.2) is 66.7 Å². The third-order valence-corrected chi connectivity index (χ3v) is 6.14. The van der Waals surface area contributed by atoms with Crippen LogP contribution in [0.4, 0.5) is 5.82 Å². The zero-order valence-corrected chi connectivity index (χ0v) is 18.4. The lowest BCUT2D eigenvalue weighted by Gasteiger charge is -2.35. The molecule has 1 aliphatic carbocycles. The molecule has 2 aliphatic rings. The number of hydrogen-bond donors (Lipinski definition) is 0. The number of hydrogen-bond acceptors (Lipinski definition) is 6. The summed E-state index contributed by atoms with van der Waals surface area (Å²) in [5, 5.41) is 8.73. The Balaban J connectivity index is 1.09. The van der Waals surface area contributed by atoms with Crippen LogP contribution < -0.4 is 9.64 Å². The fourth-order valence-electron chi connectivity index (χ4n) is 3.98. The van der Waals surface area contributed by atoms with Crippen LogP contribution >= 0.6 is 0 Å². The number of ether oxygens (including phenoxy) is 1. The first-order valence-corrected chi connectivity index (χ1v) is 11.4. The Bertz CT molecular complexity index is 1100. The summed E-state index contributed by atoms with van der Waals surface area (Å²) in [6, 6.07) is 20.2. The van der Waals surface area contributed by atoms with Gasteiger partial charge in [-0.2, -0.15) is 5.10 Å². The Hall–Kier alpha value is -3.74. The van der Waals surface area contributed by atoms with Gasteiger partial charge in [0.2, 0.25) is 0 Å². The summed E-state index contributed by atoms with van der Waals surface area (Å²) in [5.74, 6) is 1.95. The highest BCUT2D eigenvalue weighted by atomic mass is 16.5. The van der Waals surface area contributed by atoms with Crippen LogP contribution in [0.3, 0.4) is 0 Å². The van der Waals surface area contributed by atoms with Gasteiger partial charge >= 0.3 is 0 Å². The Labute approximate surface area is 193 Å². The molecule has 0 unspecified atom stereocenters. The Kier molecular flexibility index (Phi) is 6.02. The van der Waals surface area contributed by atoms with Crippen molar-refractivity contribution in [3.8, 4) is 5.75 Å². The van der Waals surface area contributed by atoms with Gasteiger partial charge in [0.1, 0.15) is 5.75 Å². The smallest absolute Gasteiger partial charge is 0.260 e. The van der Waals surface area contributed by atoms with Gasteiger partial charge in [-0.05, 0) is 49.2 Å². The molecule has 7 nitrogen and oxygen atoms in total. The van der Waals surface area contributed by atoms with Gasteiger partial charge in [0, 0.05) is 43.2 Å². The first-order chi connectivity index (χ1) is 16.2. The van der Waals surface area contributed by atoms with Crippen LogP contribution in [0.25, 0.3) is 0 Å². The lowest BCUT2D eigenvalue weighted by molar-refractivity contribution is -0.133. The molecule has 2 fully saturated rings. The van der Waals surface area contributed by atoms with Crippen molar-refractivity contribution in [2.75, 3.05) is 37.7 Å². The van der Waals surface area contributed by atoms with Crippen LogP contribution in [0, 0.1) is 0 Å². The van der Waals surface area contributed by atoms with Gasteiger partial charge < -0.3 is 14.5 Å². The number of anilines is 1. The highest BCUT2D eigenvalue weighted by Gasteiger charge is 2.26. The van der Waals surface area contributed by atoms with E-state index in [2.05, 4.69) is 21.2 Å². The highest BCUT2D eigenvalue weighted by molar-refractivity contribution is 6.08. The first-order valence-electron chi connectivity index (χ1n) is 11.4. The molecule has 0 atom stereocenters. The normalized spacial score (nSPS) is 15.9. The average Bonchev–Trinajstić information content (AvgIpc) is 3.74. The second-order valence-electron chi connectivity index (χ2n) is 8.47. The standard InChI is InChI=1S/C26H26N4O3/c31-25(18-33-22-10-8-21(9-11-22)26(32)20-4-2-1-3-5-20)30-16-14-29(15-17-30)24-13-12-23(27-28-24)19-6-7-19/h1-5,8-13,19H,6-7,14-18H2. The minimum Gasteiger partial charge on any atom is -0.484 e. The van der Waals surface area contributed by atoms with E-state index in [1.807, 2.05) is 29.2 Å². The maximum Gasteiger partial charge on any atom is 0.260 e. The van der Waals surface area contributed by atoms with Crippen molar-refractivity contribution in [1.82, 2.24) is 15.1 Å². The summed E-state index contributed by atoms with van der Waals surface area (Å²) in [6.45, 7) is 2.67. The molecular weight excluding hydrogens is 416 g/mol. The number of piperazine rings is 1. The van der Waals surface area contributed by atoms with Crippen LogP contribution in [-0.4, -0.2) is 59.6 Å². The summed E-state index contributed by atoms with van der Waals surface area (Å²) in [4.78, 5) is 29.1. The van der Waals surface area contributed by atoms with E-state index in [4.69, 9.17) is 4.74 Å². The van der Waals surface area contributed by atoms with Crippen molar-refractivity contribution in [2.24, 2.45) is 0 Å². The van der Waals surface area contributed by atoms with E-state index in [1.165, 1.54) is 12.8 Å². The number of benzene rings is 2. The second-order valence-corrected chi connectivity index (χ2v) is 8.47. The monoisotopic (exact) mass is 442 g/mol. The minimum absolute atomic E-state index is 0.0259. The van der Waals surface area contributed by atoms with Crippen molar-refractivity contribution in [3.05, 3.63) is 83.6 Å². The molecule has 0 radical (unpaired) electrons. The quantitative estimate of drug-likeness (QED) is 0.523. The van der Waals surface area contributed by atoms with Crippen molar-refractivity contribution < 1.29 is 14.3 Å². The van der Waals surface area contributed by atoms with Gasteiger partial charge in [0.25, 0.3) is 5.91 Å². The predicted molar refractivity (Wildman–Crippen MR) is 125 cm³/mol. The summed E-state index contributed by atoms with van der Waals surface area (Å²) >= 11 is 0. The maximum atomic E-state index is 12.6. The molecule has 2 heterocycles. The van der Waals surface area contributed by atoms with Gasteiger partial charge in [-0.25, -0.2) is 0 Å². The molecule has 2 aromatic carbocycles. The number of aromatic nitrogens is 2. The Morgan fingerprint density at radius 2 is 1.52 bits per heavy atom. The maximum absolute atomic E-state index is 12.6. The Morgan fingerprint density at radius 1 is 0.818 bits per heavy atom. The van der Waals surface area contributed by atoms with E-state index >= 15 is 0 Å². The third kappa shape index (κ3) is 5.03. The molecule has 3 aromatic rings. The first kappa shape index (κ1) is 21.1. The molecule has 33 heavy (non-hydrogen) atoms. The van der Waals surface area contributed by atoms with Gasteiger partial charge in [0.05, 0.1) is 5.69 Å². The lowest BCUT2D eigenvalue weighted by atomic mass is 10.0. The van der Waals surface area contributed by atoms with Crippen LogP contribution in [-0.2, 0) is 4.79 Å². The van der Waals surface area contributed by atoms with E-state index in [9.17, 15) is 9.59 Å². The molecule has 1 saturated carbocycles. The van der Waals surface area contributed by atoms with Crippen molar-refractivity contribution in [2.45, 2.75) is 18.8 Å². The van der Waals surface area contributed by atoms with Gasteiger partial charge in [-0.15, -0.1) is 5.10 Å². The average molecular weight is 443 g/mol. The largest absolute Gasteiger partial charge is 0.484 e. The van der Waals surface area contributed by atoms with E-state index in [1.54, 1.807) is 36.4 Å². The molecule has 1 saturated heterocycles. The molecule has 1 aliphatic heterocycles. The number of rotatable bonds is 7. The molecule has 5 rings (SSSR count). The molecule has 0 N–H and O–H groups in total. The van der Waals surface area contributed by atoms with E-state index in [0.717, 1.165) is 24.6 Å². The van der Waals surface area contributed by atoms with Crippen LogP contribution in [0.1, 0.15) is 40.4 Å². The summed E-state index contributed by atoms with van der Waals surface area (Å²) in [7, 11) is 0. The second kappa shape index (κ2) is 9.40. The number of ketones is 1. The van der Waals surface area contributed by atoms with Crippen LogP contribution in [0.2, 0.25) is 0 Å². The summed E-state index contributed by atoms with van der Waals surface area (Å²) in [5.41, 5.74) is 2.32. The predicted octanol–water partition coefficient (Wildman–Crippen LogP) is 3.31. The fourth-order valence-corrected chi connectivity index (χ4v) is 3.98. The molecular formula is C26H26N4O3. The lowest BCUT2D eigenvalue weighted by Crippen LogP contribution is -2.50. The topological polar surface area (TPSA) is 75.6 Å². The van der Waals surface area contributed by atoms with Crippen molar-refractivity contribution >= 4 is 17.5 Å². The van der Waals surface area contributed by atoms with E-state index in [-0.39, 0.29) is 18.3 Å². The zero-order chi connectivity index (χ0) is 22.6. The summed E-state index contributed by atoms with van der Waals surface area (Å²) < 4.78 is 5.68. The number of nitrogens with zero attached hydrogens (tertiary/aromatic N) is 4. The fraction of sp³-hybridized carbons (Fsp3) is 0.308.